The highest BCUT2D eigenvalue weighted by Gasteiger charge is 2.14. The lowest BCUT2D eigenvalue weighted by atomic mass is 10.0. The first-order valence-electron chi connectivity index (χ1n) is 7.13. The van der Waals surface area contributed by atoms with E-state index in [0.717, 1.165) is 31.0 Å². The molecule has 1 unspecified atom stereocenters. The van der Waals surface area contributed by atoms with Crippen LogP contribution in [0.4, 0.5) is 0 Å². The van der Waals surface area contributed by atoms with Gasteiger partial charge in [-0.1, -0.05) is 18.2 Å². The molecule has 1 aliphatic rings. The van der Waals surface area contributed by atoms with E-state index in [9.17, 15) is 0 Å². The van der Waals surface area contributed by atoms with Crippen LogP contribution in [0.25, 0.3) is 0 Å². The summed E-state index contributed by atoms with van der Waals surface area (Å²) in [5.74, 6) is 1.05. The fraction of sp³-hybridized carbons (Fsp3) is 0.353. The first-order valence-corrected chi connectivity index (χ1v) is 7.13. The number of hydrogen-bond acceptors (Lipinski definition) is 3. The number of nitrogens with one attached hydrogen (secondary N) is 1. The van der Waals surface area contributed by atoms with Crippen molar-refractivity contribution >= 4 is 0 Å². The van der Waals surface area contributed by atoms with Crippen molar-refractivity contribution in [3.8, 4) is 5.75 Å². The molecule has 0 saturated heterocycles. The van der Waals surface area contributed by atoms with E-state index in [4.69, 9.17) is 4.74 Å². The van der Waals surface area contributed by atoms with E-state index in [1.54, 1.807) is 0 Å². The lowest BCUT2D eigenvalue weighted by Crippen LogP contribution is -2.18. The average molecular weight is 268 g/mol. The molecular weight excluding hydrogens is 248 g/mol. The van der Waals surface area contributed by atoms with Crippen molar-refractivity contribution in [3.05, 3.63) is 58.9 Å². The standard InChI is InChI=1S/C17H20N2O/c1-12-3-4-14(10-18-12)11-19-13(2)15-5-6-17-16(9-15)7-8-20-17/h3-6,9-10,13,19H,7-8,11H2,1-2H3. The topological polar surface area (TPSA) is 34.1 Å². The number of aryl methyl sites for hydroxylation is 1. The van der Waals surface area contributed by atoms with Crippen molar-refractivity contribution in [1.29, 1.82) is 0 Å². The highest BCUT2D eigenvalue weighted by Crippen LogP contribution is 2.28. The van der Waals surface area contributed by atoms with Crippen molar-refractivity contribution < 1.29 is 4.74 Å². The minimum Gasteiger partial charge on any atom is -0.493 e. The first kappa shape index (κ1) is 13.1. The molecule has 2 aromatic rings. The maximum Gasteiger partial charge on any atom is 0.122 e. The van der Waals surface area contributed by atoms with Gasteiger partial charge in [-0.15, -0.1) is 0 Å². The third kappa shape index (κ3) is 2.83. The fourth-order valence-corrected chi connectivity index (χ4v) is 2.47. The van der Waals surface area contributed by atoms with Gasteiger partial charge >= 0.3 is 0 Å². The molecule has 3 rings (SSSR count). The minimum atomic E-state index is 0.321. The Balaban J connectivity index is 1.64. The molecule has 1 N–H and O–H groups in total. The molecule has 1 aromatic carbocycles. The van der Waals surface area contributed by atoms with Crippen molar-refractivity contribution in [1.82, 2.24) is 10.3 Å². The molecule has 1 aliphatic heterocycles. The summed E-state index contributed by atoms with van der Waals surface area (Å²) >= 11 is 0. The monoisotopic (exact) mass is 268 g/mol. The summed E-state index contributed by atoms with van der Waals surface area (Å²) in [4.78, 5) is 4.32. The molecule has 1 atom stereocenters. The Morgan fingerprint density at radius 2 is 2.20 bits per heavy atom. The van der Waals surface area contributed by atoms with Gasteiger partial charge in [-0.3, -0.25) is 4.98 Å². The molecule has 2 heterocycles. The number of nitrogens with zero attached hydrogens (tertiary/aromatic N) is 1. The van der Waals surface area contributed by atoms with E-state index in [1.165, 1.54) is 16.7 Å². The SMILES string of the molecule is Cc1ccc(CNC(C)c2ccc3c(c2)CCO3)cn1. The summed E-state index contributed by atoms with van der Waals surface area (Å²) in [6, 6.07) is 11.0. The predicted octanol–water partition coefficient (Wildman–Crippen LogP) is 3.18. The normalized spacial score (nSPS) is 14.7. The van der Waals surface area contributed by atoms with Gasteiger partial charge in [-0.2, -0.15) is 0 Å². The van der Waals surface area contributed by atoms with Crippen LogP contribution in [-0.2, 0) is 13.0 Å². The highest BCUT2D eigenvalue weighted by atomic mass is 16.5. The summed E-state index contributed by atoms with van der Waals surface area (Å²) in [7, 11) is 0. The molecule has 3 heteroatoms. The second-order valence-corrected chi connectivity index (χ2v) is 5.38. The van der Waals surface area contributed by atoms with E-state index >= 15 is 0 Å². The molecular formula is C17H20N2O. The van der Waals surface area contributed by atoms with Crippen LogP contribution in [0.1, 0.15) is 35.3 Å². The van der Waals surface area contributed by atoms with Gasteiger partial charge in [-0.25, -0.2) is 0 Å². The molecule has 0 saturated carbocycles. The summed E-state index contributed by atoms with van der Waals surface area (Å²) in [6.45, 7) is 5.85. The third-order valence-electron chi connectivity index (χ3n) is 3.80. The molecule has 104 valence electrons. The van der Waals surface area contributed by atoms with Gasteiger partial charge in [-0.05, 0) is 42.7 Å². The maximum absolute atomic E-state index is 5.54. The highest BCUT2D eigenvalue weighted by molar-refractivity contribution is 5.40. The van der Waals surface area contributed by atoms with E-state index in [2.05, 4.69) is 47.6 Å². The van der Waals surface area contributed by atoms with Crippen LogP contribution < -0.4 is 10.1 Å². The molecule has 1 aromatic heterocycles. The minimum absolute atomic E-state index is 0.321. The fourth-order valence-electron chi connectivity index (χ4n) is 2.47. The Kier molecular flexibility index (Phi) is 3.70. The summed E-state index contributed by atoms with van der Waals surface area (Å²) in [6.07, 6.45) is 2.96. The maximum atomic E-state index is 5.54. The van der Waals surface area contributed by atoms with Crippen LogP contribution in [0.5, 0.6) is 5.75 Å². The van der Waals surface area contributed by atoms with Crippen LogP contribution in [-0.4, -0.2) is 11.6 Å². The molecule has 0 amide bonds. The third-order valence-corrected chi connectivity index (χ3v) is 3.80. The van der Waals surface area contributed by atoms with E-state index in [-0.39, 0.29) is 0 Å². The Labute approximate surface area is 120 Å². The average Bonchev–Trinajstić information content (AvgIpc) is 2.93. The van der Waals surface area contributed by atoms with Crippen LogP contribution in [0, 0.1) is 6.92 Å². The van der Waals surface area contributed by atoms with Gasteiger partial charge in [0.05, 0.1) is 6.61 Å². The second kappa shape index (κ2) is 5.63. The zero-order valence-electron chi connectivity index (χ0n) is 12.0. The zero-order valence-corrected chi connectivity index (χ0v) is 12.0. The lowest BCUT2D eigenvalue weighted by molar-refractivity contribution is 0.356. The molecule has 3 nitrogen and oxygen atoms in total. The summed E-state index contributed by atoms with van der Waals surface area (Å²) in [5.41, 5.74) is 4.91. The number of pyridine rings is 1. The van der Waals surface area contributed by atoms with Crippen LogP contribution in [0.15, 0.2) is 36.5 Å². The van der Waals surface area contributed by atoms with E-state index < -0.39 is 0 Å². The second-order valence-electron chi connectivity index (χ2n) is 5.38. The van der Waals surface area contributed by atoms with Crippen molar-refractivity contribution in [2.45, 2.75) is 32.9 Å². The van der Waals surface area contributed by atoms with Crippen molar-refractivity contribution in [2.75, 3.05) is 6.61 Å². The smallest absolute Gasteiger partial charge is 0.122 e. The first-order chi connectivity index (χ1) is 9.72. The Bertz CT molecular complexity index is 592. The number of ether oxygens (including phenoxy) is 1. The van der Waals surface area contributed by atoms with Crippen LogP contribution >= 0.6 is 0 Å². The number of aromatic nitrogens is 1. The Morgan fingerprint density at radius 3 is 3.00 bits per heavy atom. The van der Waals surface area contributed by atoms with Crippen molar-refractivity contribution in [3.63, 3.8) is 0 Å². The van der Waals surface area contributed by atoms with Gasteiger partial charge in [0.2, 0.25) is 0 Å². The van der Waals surface area contributed by atoms with Gasteiger partial charge in [0.25, 0.3) is 0 Å². The van der Waals surface area contributed by atoms with Crippen LogP contribution in [0.3, 0.4) is 0 Å². The zero-order chi connectivity index (χ0) is 13.9. The van der Waals surface area contributed by atoms with E-state index in [0.29, 0.717) is 6.04 Å². The van der Waals surface area contributed by atoms with Gasteiger partial charge < -0.3 is 10.1 Å². The van der Waals surface area contributed by atoms with Gasteiger partial charge in [0.1, 0.15) is 5.75 Å². The quantitative estimate of drug-likeness (QED) is 0.924. The molecule has 0 radical (unpaired) electrons. The summed E-state index contributed by atoms with van der Waals surface area (Å²) in [5, 5.41) is 3.55. The van der Waals surface area contributed by atoms with Gasteiger partial charge in [0.15, 0.2) is 0 Å². The number of benzene rings is 1. The Hall–Kier alpha value is -1.87. The van der Waals surface area contributed by atoms with E-state index in [1.807, 2.05) is 13.1 Å². The Morgan fingerprint density at radius 1 is 1.30 bits per heavy atom. The lowest BCUT2D eigenvalue weighted by Gasteiger charge is -2.15. The largest absolute Gasteiger partial charge is 0.493 e. The molecule has 0 spiro atoms. The molecule has 0 aliphatic carbocycles. The van der Waals surface area contributed by atoms with Gasteiger partial charge in [0, 0.05) is 30.9 Å². The molecule has 20 heavy (non-hydrogen) atoms. The predicted molar refractivity (Wildman–Crippen MR) is 79.9 cm³/mol. The molecule has 0 fully saturated rings. The number of fused-ring (bicyclic) bond motifs is 1. The van der Waals surface area contributed by atoms with Crippen molar-refractivity contribution in [2.24, 2.45) is 0 Å². The number of hydrogen-bond donors (Lipinski definition) is 1. The molecule has 0 bridgehead atoms. The number of rotatable bonds is 4. The summed E-state index contributed by atoms with van der Waals surface area (Å²) < 4.78 is 5.54. The van der Waals surface area contributed by atoms with Crippen LogP contribution in [0.2, 0.25) is 0 Å².